The van der Waals surface area contributed by atoms with E-state index >= 15 is 0 Å². The van der Waals surface area contributed by atoms with Gasteiger partial charge in [0.25, 0.3) is 0 Å². The maximum atomic E-state index is 4.20. The van der Waals surface area contributed by atoms with Crippen molar-refractivity contribution in [1.29, 1.82) is 0 Å². The summed E-state index contributed by atoms with van der Waals surface area (Å²) in [6.45, 7) is 4.06. The summed E-state index contributed by atoms with van der Waals surface area (Å²) in [4.78, 5) is 4.20. The third kappa shape index (κ3) is 3.07. The number of hydrogen-bond donors (Lipinski definition) is 1. The number of benzene rings is 1. The first kappa shape index (κ1) is 10.1. The highest BCUT2D eigenvalue weighted by Crippen LogP contribution is 2.04. The normalized spacial score (nSPS) is 12.4. The van der Waals surface area contributed by atoms with Crippen LogP contribution >= 0.6 is 12.6 Å². The van der Waals surface area contributed by atoms with Gasteiger partial charge in [0.15, 0.2) is 0 Å². The van der Waals surface area contributed by atoms with Crippen molar-refractivity contribution in [1.82, 2.24) is 0 Å². The highest BCUT2D eigenvalue weighted by atomic mass is 32.1. The summed E-state index contributed by atoms with van der Waals surface area (Å²) in [6, 6.07) is 8.30. The molecule has 0 saturated carbocycles. The second-order valence-electron chi connectivity index (χ2n) is 2.88. The van der Waals surface area contributed by atoms with E-state index in [1.165, 1.54) is 5.56 Å². The first-order valence-electron chi connectivity index (χ1n) is 4.14. The Hall–Kier alpha value is -1.02. The molecule has 1 rings (SSSR count). The average Bonchev–Trinajstić information content (AvgIpc) is 2.15. The highest BCUT2D eigenvalue weighted by molar-refractivity contribution is 7.83. The largest absolute Gasteiger partial charge is 0.260 e. The Bertz CT molecular complexity index is 322. The minimum Gasteiger partial charge on any atom is -0.260 e. The first-order valence-corrected chi connectivity index (χ1v) is 4.66. The predicted molar refractivity (Wildman–Crippen MR) is 61.5 cm³/mol. The molecule has 0 aromatic heterocycles. The first-order chi connectivity index (χ1) is 6.24. The molecule has 68 valence electrons. The van der Waals surface area contributed by atoms with Crippen LogP contribution in [0.3, 0.4) is 0 Å². The minimum absolute atomic E-state index is 1.00. The summed E-state index contributed by atoms with van der Waals surface area (Å²) in [5.41, 5.74) is 3.42. The molecule has 1 aromatic rings. The summed E-state index contributed by atoms with van der Waals surface area (Å²) >= 11 is 3.94. The van der Waals surface area contributed by atoms with Gasteiger partial charge < -0.3 is 0 Å². The Kier molecular flexibility index (Phi) is 3.77. The molecule has 0 heterocycles. The number of thiol groups is 1. The van der Waals surface area contributed by atoms with Crippen molar-refractivity contribution in [3.8, 4) is 0 Å². The molecule has 2 heteroatoms. The van der Waals surface area contributed by atoms with Gasteiger partial charge in [0, 0.05) is 11.9 Å². The number of hydrogen-bond acceptors (Lipinski definition) is 2. The van der Waals surface area contributed by atoms with E-state index in [0.717, 1.165) is 11.3 Å². The Labute approximate surface area is 84.6 Å². The van der Waals surface area contributed by atoms with Crippen LogP contribution in [0.4, 0.5) is 0 Å². The van der Waals surface area contributed by atoms with Crippen molar-refractivity contribution in [2.75, 3.05) is 0 Å². The molecule has 0 atom stereocenters. The van der Waals surface area contributed by atoms with E-state index in [4.69, 9.17) is 0 Å². The van der Waals surface area contributed by atoms with Gasteiger partial charge in [0.2, 0.25) is 0 Å². The van der Waals surface area contributed by atoms with E-state index in [2.05, 4.69) is 48.8 Å². The van der Waals surface area contributed by atoms with Gasteiger partial charge in [-0.25, -0.2) is 0 Å². The van der Waals surface area contributed by atoms with E-state index < -0.39 is 0 Å². The van der Waals surface area contributed by atoms with Crippen molar-refractivity contribution in [3.05, 3.63) is 47.0 Å². The van der Waals surface area contributed by atoms with Crippen molar-refractivity contribution < 1.29 is 0 Å². The molecule has 0 bridgehead atoms. The summed E-state index contributed by atoms with van der Waals surface area (Å²) in [5.74, 6) is 0. The molecule has 0 aliphatic rings. The zero-order valence-corrected chi connectivity index (χ0v) is 8.75. The van der Waals surface area contributed by atoms with E-state index in [1.807, 2.05) is 6.92 Å². The van der Waals surface area contributed by atoms with Crippen LogP contribution in [0.1, 0.15) is 18.1 Å². The Balaban J connectivity index is 2.89. The van der Waals surface area contributed by atoms with Gasteiger partial charge >= 0.3 is 0 Å². The van der Waals surface area contributed by atoms with Gasteiger partial charge in [0.05, 0.1) is 0 Å². The smallest absolute Gasteiger partial charge is 0.0445 e. The van der Waals surface area contributed by atoms with Crippen molar-refractivity contribution in [2.24, 2.45) is 4.99 Å². The van der Waals surface area contributed by atoms with Crippen LogP contribution in [0.15, 0.2) is 40.9 Å². The van der Waals surface area contributed by atoms with Crippen molar-refractivity contribution >= 4 is 18.3 Å². The number of aryl methyl sites for hydroxylation is 1. The topological polar surface area (TPSA) is 12.4 Å². The van der Waals surface area contributed by atoms with Gasteiger partial charge in [-0.3, -0.25) is 4.99 Å². The lowest BCUT2D eigenvalue weighted by molar-refractivity contribution is 1.44. The molecule has 1 nitrogen and oxygen atoms in total. The monoisotopic (exact) mass is 191 g/mol. The molecule has 0 amide bonds. The Morgan fingerprint density at radius 2 is 1.92 bits per heavy atom. The molecule has 0 radical (unpaired) electrons. The fourth-order valence-corrected chi connectivity index (χ4v) is 1.08. The second kappa shape index (κ2) is 4.87. The molecule has 13 heavy (non-hydrogen) atoms. The Morgan fingerprint density at radius 3 is 2.46 bits per heavy atom. The number of aliphatic imine (C=N–C) groups is 1. The van der Waals surface area contributed by atoms with Crippen LogP contribution in [0.2, 0.25) is 0 Å². The third-order valence-corrected chi connectivity index (χ3v) is 1.94. The molecular weight excluding hydrogens is 178 g/mol. The van der Waals surface area contributed by atoms with E-state index in [-0.39, 0.29) is 0 Å². The van der Waals surface area contributed by atoms with Gasteiger partial charge in [0.1, 0.15) is 0 Å². The summed E-state index contributed by atoms with van der Waals surface area (Å²) in [7, 11) is 0. The standard InChI is InChI=1S/C11H13NS/c1-9-3-5-11(6-4-9)10(2)12-7-8-13/h3-8,13H,1-2H3/b8-7-,12-10?. The predicted octanol–water partition coefficient (Wildman–Crippen LogP) is 3.21. The lowest BCUT2D eigenvalue weighted by Crippen LogP contribution is -1.92. The van der Waals surface area contributed by atoms with Crippen LogP contribution in [0.5, 0.6) is 0 Å². The van der Waals surface area contributed by atoms with Crippen LogP contribution in [0, 0.1) is 6.92 Å². The van der Waals surface area contributed by atoms with E-state index in [1.54, 1.807) is 11.6 Å². The van der Waals surface area contributed by atoms with Crippen molar-refractivity contribution in [3.63, 3.8) is 0 Å². The van der Waals surface area contributed by atoms with Gasteiger partial charge in [-0.05, 0) is 24.8 Å². The minimum atomic E-state index is 1.00. The molecule has 0 unspecified atom stereocenters. The zero-order valence-electron chi connectivity index (χ0n) is 7.86. The van der Waals surface area contributed by atoms with Gasteiger partial charge in [-0.1, -0.05) is 29.8 Å². The fourth-order valence-electron chi connectivity index (χ4n) is 1.01. The molecule has 0 aliphatic heterocycles. The summed E-state index contributed by atoms with van der Waals surface area (Å²) in [5, 5.41) is 1.62. The molecular formula is C11H13NS. The lowest BCUT2D eigenvalue weighted by atomic mass is 10.1. The van der Waals surface area contributed by atoms with Gasteiger partial charge in [-0.15, -0.1) is 12.6 Å². The molecule has 0 fully saturated rings. The van der Waals surface area contributed by atoms with Gasteiger partial charge in [-0.2, -0.15) is 0 Å². The quantitative estimate of drug-likeness (QED) is 0.544. The van der Waals surface area contributed by atoms with Crippen molar-refractivity contribution in [2.45, 2.75) is 13.8 Å². The van der Waals surface area contributed by atoms with Crippen LogP contribution in [0.25, 0.3) is 0 Å². The lowest BCUT2D eigenvalue weighted by Gasteiger charge is -1.99. The molecule has 0 aliphatic carbocycles. The fraction of sp³-hybridized carbons (Fsp3) is 0.182. The second-order valence-corrected chi connectivity index (χ2v) is 3.18. The van der Waals surface area contributed by atoms with E-state index in [0.29, 0.717) is 0 Å². The highest BCUT2D eigenvalue weighted by Gasteiger charge is 1.93. The average molecular weight is 191 g/mol. The molecule has 0 N–H and O–H groups in total. The SMILES string of the molecule is CC(=N/C=C\S)c1ccc(C)cc1. The maximum Gasteiger partial charge on any atom is 0.0445 e. The van der Waals surface area contributed by atoms with Crippen LogP contribution in [-0.4, -0.2) is 5.71 Å². The zero-order chi connectivity index (χ0) is 9.68. The molecule has 0 spiro atoms. The number of rotatable bonds is 2. The van der Waals surface area contributed by atoms with Crippen LogP contribution in [-0.2, 0) is 0 Å². The summed E-state index contributed by atoms with van der Waals surface area (Å²) in [6.07, 6.45) is 1.68. The number of nitrogens with zero attached hydrogens (tertiary/aromatic N) is 1. The third-order valence-electron chi connectivity index (χ3n) is 1.80. The molecule has 0 saturated heterocycles. The van der Waals surface area contributed by atoms with Crippen LogP contribution < -0.4 is 0 Å². The molecule has 1 aromatic carbocycles. The maximum absolute atomic E-state index is 4.20. The summed E-state index contributed by atoms with van der Waals surface area (Å²) < 4.78 is 0. The van der Waals surface area contributed by atoms with E-state index in [9.17, 15) is 0 Å². The Morgan fingerprint density at radius 1 is 1.31 bits per heavy atom.